The maximum absolute atomic E-state index is 8.96. The second-order valence-electron chi connectivity index (χ2n) is 3.98. The molecule has 2 heterocycles. The molecule has 1 aromatic heterocycles. The second-order valence-corrected chi connectivity index (χ2v) is 3.98. The van der Waals surface area contributed by atoms with Crippen molar-refractivity contribution in [1.29, 1.82) is 5.26 Å². The fourth-order valence-electron chi connectivity index (χ4n) is 2.07. The van der Waals surface area contributed by atoms with Gasteiger partial charge in [-0.3, -0.25) is 0 Å². The summed E-state index contributed by atoms with van der Waals surface area (Å²) in [7, 11) is 0. The van der Waals surface area contributed by atoms with Crippen LogP contribution in [0.2, 0.25) is 0 Å². The summed E-state index contributed by atoms with van der Waals surface area (Å²) in [5.41, 5.74) is 1.71. The van der Waals surface area contributed by atoms with Crippen molar-refractivity contribution in [3.8, 4) is 6.07 Å². The average molecular weight is 188 g/mol. The molecule has 4 heteroatoms. The predicted octanol–water partition coefficient (Wildman–Crippen LogP) is 0.735. The van der Waals surface area contributed by atoms with Gasteiger partial charge in [-0.25, -0.2) is 4.98 Å². The number of rotatable bonds is 1. The summed E-state index contributed by atoms with van der Waals surface area (Å²) in [5.74, 6) is 1.78. The highest BCUT2D eigenvalue weighted by Crippen LogP contribution is 2.40. The molecule has 0 saturated heterocycles. The van der Waals surface area contributed by atoms with Crippen LogP contribution >= 0.6 is 0 Å². The minimum Gasteiger partial charge on any atom is -0.328 e. The van der Waals surface area contributed by atoms with Crippen molar-refractivity contribution >= 4 is 0 Å². The Bertz CT molecular complexity index is 408. The van der Waals surface area contributed by atoms with Gasteiger partial charge in [-0.2, -0.15) is 5.26 Å². The van der Waals surface area contributed by atoms with Crippen molar-refractivity contribution in [3.05, 3.63) is 17.2 Å². The molecule has 1 saturated carbocycles. The highest BCUT2D eigenvalue weighted by atomic mass is 15.2. The molecular formula is C10H12N4. The smallest absolute Gasteiger partial charge is 0.163 e. The van der Waals surface area contributed by atoms with Gasteiger partial charge in [0.25, 0.3) is 0 Å². The largest absolute Gasteiger partial charge is 0.328 e. The van der Waals surface area contributed by atoms with Crippen molar-refractivity contribution in [3.63, 3.8) is 0 Å². The van der Waals surface area contributed by atoms with E-state index in [9.17, 15) is 0 Å². The third kappa shape index (κ3) is 1.06. The molecule has 1 aromatic rings. The van der Waals surface area contributed by atoms with Gasteiger partial charge < -0.3 is 9.88 Å². The molecule has 0 amide bonds. The Hall–Kier alpha value is -1.34. The topological polar surface area (TPSA) is 53.6 Å². The third-order valence-electron chi connectivity index (χ3n) is 2.96. The van der Waals surface area contributed by atoms with Crippen molar-refractivity contribution in [2.24, 2.45) is 0 Å². The van der Waals surface area contributed by atoms with Gasteiger partial charge in [0.1, 0.15) is 11.9 Å². The maximum Gasteiger partial charge on any atom is 0.163 e. The van der Waals surface area contributed by atoms with Gasteiger partial charge in [-0.05, 0) is 12.8 Å². The summed E-state index contributed by atoms with van der Waals surface area (Å²) in [6.07, 6.45) is 2.49. The van der Waals surface area contributed by atoms with Crippen LogP contribution in [-0.4, -0.2) is 16.1 Å². The molecule has 1 fully saturated rings. The van der Waals surface area contributed by atoms with E-state index in [4.69, 9.17) is 5.26 Å². The van der Waals surface area contributed by atoms with E-state index >= 15 is 0 Å². The van der Waals surface area contributed by atoms with Gasteiger partial charge in [0.05, 0.1) is 5.69 Å². The van der Waals surface area contributed by atoms with E-state index in [-0.39, 0.29) is 0 Å². The first kappa shape index (κ1) is 8.01. The monoisotopic (exact) mass is 188 g/mol. The summed E-state index contributed by atoms with van der Waals surface area (Å²) in [6, 6.07) is 2.19. The molecule has 0 aromatic carbocycles. The van der Waals surface area contributed by atoms with E-state index < -0.39 is 0 Å². The van der Waals surface area contributed by atoms with Gasteiger partial charge >= 0.3 is 0 Å². The normalized spacial score (nSPS) is 20.2. The van der Waals surface area contributed by atoms with Crippen molar-refractivity contribution in [1.82, 2.24) is 14.9 Å². The maximum atomic E-state index is 8.96. The molecule has 0 bridgehead atoms. The Balaban J connectivity index is 2.12. The second kappa shape index (κ2) is 2.82. The van der Waals surface area contributed by atoms with Gasteiger partial charge in [0.15, 0.2) is 5.69 Å². The molecular weight excluding hydrogens is 176 g/mol. The van der Waals surface area contributed by atoms with Gasteiger partial charge in [-0.1, -0.05) is 0 Å². The first-order valence-electron chi connectivity index (χ1n) is 5.10. The molecule has 1 aliphatic heterocycles. The quantitative estimate of drug-likeness (QED) is 0.707. The summed E-state index contributed by atoms with van der Waals surface area (Å²) >= 11 is 0. The average Bonchev–Trinajstić information content (AvgIpc) is 3.00. The van der Waals surface area contributed by atoms with E-state index in [0.717, 1.165) is 31.2 Å². The fraction of sp³-hybridized carbons (Fsp3) is 0.600. The van der Waals surface area contributed by atoms with Crippen LogP contribution < -0.4 is 5.32 Å². The van der Waals surface area contributed by atoms with Crippen LogP contribution in [0.4, 0.5) is 0 Å². The summed E-state index contributed by atoms with van der Waals surface area (Å²) < 4.78 is 2.24. The molecule has 2 aliphatic rings. The molecule has 0 spiro atoms. The van der Waals surface area contributed by atoms with Gasteiger partial charge in [-0.15, -0.1) is 0 Å². The van der Waals surface area contributed by atoms with E-state index in [0.29, 0.717) is 11.6 Å². The van der Waals surface area contributed by atoms with Crippen LogP contribution in [-0.2, 0) is 13.1 Å². The van der Waals surface area contributed by atoms with Crippen molar-refractivity contribution < 1.29 is 0 Å². The highest BCUT2D eigenvalue weighted by molar-refractivity contribution is 5.32. The van der Waals surface area contributed by atoms with Gasteiger partial charge in [0.2, 0.25) is 0 Å². The lowest BCUT2D eigenvalue weighted by Crippen LogP contribution is -2.29. The Morgan fingerprint density at radius 1 is 1.50 bits per heavy atom. The van der Waals surface area contributed by atoms with E-state index in [1.54, 1.807) is 0 Å². The summed E-state index contributed by atoms with van der Waals surface area (Å²) in [5, 5.41) is 12.2. The zero-order valence-corrected chi connectivity index (χ0v) is 7.95. The molecule has 1 N–H and O–H groups in total. The highest BCUT2D eigenvalue weighted by Gasteiger charge is 2.31. The van der Waals surface area contributed by atoms with Crippen molar-refractivity contribution in [2.75, 3.05) is 6.54 Å². The number of fused-ring (bicyclic) bond motifs is 1. The zero-order chi connectivity index (χ0) is 9.54. The van der Waals surface area contributed by atoms with Crippen LogP contribution in [0.15, 0.2) is 0 Å². The third-order valence-corrected chi connectivity index (χ3v) is 2.96. The van der Waals surface area contributed by atoms with Gasteiger partial charge in [0, 0.05) is 25.6 Å². The molecule has 0 radical (unpaired) electrons. The molecule has 1 aliphatic carbocycles. The Morgan fingerprint density at radius 2 is 2.36 bits per heavy atom. The number of aromatic nitrogens is 2. The Labute approximate surface area is 82.6 Å². The van der Waals surface area contributed by atoms with Crippen molar-refractivity contribution in [2.45, 2.75) is 31.8 Å². The Morgan fingerprint density at radius 3 is 3.07 bits per heavy atom. The van der Waals surface area contributed by atoms with Crippen LogP contribution in [0.1, 0.15) is 36.0 Å². The summed E-state index contributed by atoms with van der Waals surface area (Å²) in [4.78, 5) is 4.43. The minimum absolute atomic E-state index is 0.624. The standard InChI is InChI=1S/C10H12N4/c11-5-8-9-6-12-3-4-14(9)10(13-8)7-1-2-7/h7,12H,1-4,6H2. The van der Waals surface area contributed by atoms with Crippen LogP contribution in [0.5, 0.6) is 0 Å². The Kier molecular flexibility index (Phi) is 1.62. The lowest BCUT2D eigenvalue weighted by atomic mass is 10.3. The number of imidazole rings is 1. The molecule has 3 rings (SSSR count). The lowest BCUT2D eigenvalue weighted by molar-refractivity contribution is 0.501. The zero-order valence-electron chi connectivity index (χ0n) is 7.95. The van der Waals surface area contributed by atoms with Crippen LogP contribution in [0.3, 0.4) is 0 Å². The predicted molar refractivity (Wildman–Crippen MR) is 50.6 cm³/mol. The number of hydrogen-bond acceptors (Lipinski definition) is 3. The van der Waals surface area contributed by atoms with Crippen LogP contribution in [0.25, 0.3) is 0 Å². The molecule has 14 heavy (non-hydrogen) atoms. The fourth-order valence-corrected chi connectivity index (χ4v) is 2.07. The van der Waals surface area contributed by atoms with E-state index in [2.05, 4.69) is 20.9 Å². The minimum atomic E-state index is 0.624. The molecule has 0 atom stereocenters. The molecule has 4 nitrogen and oxygen atoms in total. The lowest BCUT2D eigenvalue weighted by Gasteiger charge is -2.17. The first-order chi connectivity index (χ1) is 6.90. The molecule has 0 unspecified atom stereocenters. The number of nitriles is 1. The number of hydrogen-bond donors (Lipinski definition) is 1. The molecule has 72 valence electrons. The number of nitrogens with zero attached hydrogens (tertiary/aromatic N) is 3. The number of nitrogens with one attached hydrogen (secondary N) is 1. The summed E-state index contributed by atoms with van der Waals surface area (Å²) in [6.45, 7) is 2.76. The van der Waals surface area contributed by atoms with E-state index in [1.165, 1.54) is 12.8 Å². The SMILES string of the molecule is N#Cc1nc(C2CC2)n2c1CNCC2. The van der Waals surface area contributed by atoms with Crippen LogP contribution in [0, 0.1) is 11.3 Å². The first-order valence-corrected chi connectivity index (χ1v) is 5.10. The van der Waals surface area contributed by atoms with E-state index in [1.807, 2.05) is 0 Å².